The van der Waals surface area contributed by atoms with E-state index in [2.05, 4.69) is 0 Å². The van der Waals surface area contributed by atoms with E-state index in [1.807, 2.05) is 0 Å². The minimum Gasteiger partial charge on any atom is -0.493 e. The van der Waals surface area contributed by atoms with Crippen molar-refractivity contribution in [3.05, 3.63) is 17.7 Å². The van der Waals surface area contributed by atoms with E-state index in [-0.39, 0.29) is 25.5 Å². The first-order chi connectivity index (χ1) is 9.56. The van der Waals surface area contributed by atoms with E-state index in [1.165, 1.54) is 24.1 Å². The van der Waals surface area contributed by atoms with Crippen LogP contribution in [0.3, 0.4) is 0 Å². The molecule has 106 valence electrons. The van der Waals surface area contributed by atoms with Gasteiger partial charge in [-0.2, -0.15) is 0 Å². The number of aliphatic carboxylic acids is 1. The lowest BCUT2D eigenvalue weighted by atomic mass is 10.1. The van der Waals surface area contributed by atoms with Crippen LogP contribution in [-0.2, 0) is 9.59 Å². The zero-order valence-corrected chi connectivity index (χ0v) is 10.8. The molecule has 0 saturated carbocycles. The van der Waals surface area contributed by atoms with E-state index in [0.717, 1.165) is 0 Å². The zero-order valence-electron chi connectivity index (χ0n) is 10.8. The average Bonchev–Trinajstić information content (AvgIpc) is 2.44. The summed E-state index contributed by atoms with van der Waals surface area (Å²) in [5.74, 6) is -0.700. The minimum atomic E-state index is -1.01. The van der Waals surface area contributed by atoms with Crippen LogP contribution in [0.5, 0.6) is 11.5 Å². The number of carboxylic acids is 1. The van der Waals surface area contributed by atoms with Gasteiger partial charge in [0.1, 0.15) is 6.29 Å². The normalized spacial score (nSPS) is 13.4. The Morgan fingerprint density at radius 1 is 1.55 bits per heavy atom. The molecule has 1 aromatic carbocycles. The number of aldehydes is 1. The van der Waals surface area contributed by atoms with Crippen LogP contribution in [0.2, 0.25) is 0 Å². The Kier molecular flexibility index (Phi) is 3.88. The Bertz CT molecular complexity index is 568. The van der Waals surface area contributed by atoms with Gasteiger partial charge < -0.3 is 19.5 Å². The van der Waals surface area contributed by atoms with E-state index < -0.39 is 5.97 Å². The van der Waals surface area contributed by atoms with Crippen molar-refractivity contribution < 1.29 is 29.0 Å². The van der Waals surface area contributed by atoms with Gasteiger partial charge in [-0.15, -0.1) is 0 Å². The van der Waals surface area contributed by atoms with Crippen LogP contribution in [0.1, 0.15) is 16.8 Å². The Hall–Kier alpha value is -2.57. The summed E-state index contributed by atoms with van der Waals surface area (Å²) in [6.07, 6.45) is 0.427. The number of carbonyl (C=O) groups is 3. The van der Waals surface area contributed by atoms with Crippen LogP contribution in [0.4, 0.5) is 5.69 Å². The Labute approximate surface area is 114 Å². The molecule has 0 radical (unpaired) electrons. The number of hydrogen-bond acceptors (Lipinski definition) is 5. The molecule has 0 unspecified atom stereocenters. The SMILES string of the molecule is COc1cc(C=O)cc2c1OCC(=O)N2CCC(=O)O. The molecule has 7 heteroatoms. The van der Waals surface area contributed by atoms with Gasteiger partial charge in [-0.1, -0.05) is 0 Å². The van der Waals surface area contributed by atoms with Crippen molar-refractivity contribution in [2.45, 2.75) is 6.42 Å². The second-order valence-electron chi connectivity index (χ2n) is 4.17. The molecule has 0 aromatic heterocycles. The van der Waals surface area contributed by atoms with Crippen LogP contribution in [0, 0.1) is 0 Å². The molecule has 0 fully saturated rings. The smallest absolute Gasteiger partial charge is 0.305 e. The number of benzene rings is 1. The number of anilines is 1. The number of methoxy groups -OCH3 is 1. The highest BCUT2D eigenvalue weighted by atomic mass is 16.5. The molecule has 7 nitrogen and oxygen atoms in total. The maximum atomic E-state index is 11.8. The second kappa shape index (κ2) is 5.60. The van der Waals surface area contributed by atoms with Gasteiger partial charge in [0.05, 0.1) is 19.2 Å². The molecule has 0 aliphatic carbocycles. The molecular weight excluding hydrogens is 266 g/mol. The third kappa shape index (κ3) is 2.56. The van der Waals surface area contributed by atoms with Gasteiger partial charge in [0, 0.05) is 12.1 Å². The van der Waals surface area contributed by atoms with Crippen LogP contribution in [0.15, 0.2) is 12.1 Å². The van der Waals surface area contributed by atoms with Crippen molar-refractivity contribution in [2.75, 3.05) is 25.2 Å². The molecule has 20 heavy (non-hydrogen) atoms. The maximum absolute atomic E-state index is 11.8. The summed E-state index contributed by atoms with van der Waals surface area (Å²) in [6, 6.07) is 2.97. The lowest BCUT2D eigenvalue weighted by Crippen LogP contribution is -2.40. The zero-order chi connectivity index (χ0) is 14.7. The monoisotopic (exact) mass is 279 g/mol. The number of amides is 1. The molecule has 1 N–H and O–H groups in total. The van der Waals surface area contributed by atoms with Crippen LogP contribution in [-0.4, -0.2) is 43.5 Å². The fourth-order valence-corrected chi connectivity index (χ4v) is 1.97. The lowest BCUT2D eigenvalue weighted by Gasteiger charge is -2.30. The van der Waals surface area contributed by atoms with Crippen molar-refractivity contribution in [1.82, 2.24) is 0 Å². The first kappa shape index (κ1) is 13.9. The second-order valence-corrected chi connectivity index (χ2v) is 4.17. The Morgan fingerprint density at radius 2 is 2.30 bits per heavy atom. The van der Waals surface area contributed by atoms with E-state index in [1.54, 1.807) is 0 Å². The number of ether oxygens (including phenoxy) is 2. The number of rotatable bonds is 5. The largest absolute Gasteiger partial charge is 0.493 e. The van der Waals surface area contributed by atoms with Gasteiger partial charge >= 0.3 is 5.97 Å². The predicted molar refractivity (Wildman–Crippen MR) is 68.5 cm³/mol. The van der Waals surface area contributed by atoms with Crippen molar-refractivity contribution >= 4 is 23.9 Å². The molecule has 1 aliphatic rings. The van der Waals surface area contributed by atoms with Crippen molar-refractivity contribution in [2.24, 2.45) is 0 Å². The summed E-state index contributed by atoms with van der Waals surface area (Å²) in [4.78, 5) is 34.7. The van der Waals surface area contributed by atoms with Gasteiger partial charge in [-0.3, -0.25) is 14.4 Å². The fourth-order valence-electron chi connectivity index (χ4n) is 1.97. The quantitative estimate of drug-likeness (QED) is 0.798. The number of hydrogen-bond donors (Lipinski definition) is 1. The number of fused-ring (bicyclic) bond motifs is 1. The van der Waals surface area contributed by atoms with Crippen LogP contribution < -0.4 is 14.4 Å². The predicted octanol–water partition coefficient (Wildman–Crippen LogP) is 0.708. The molecule has 0 spiro atoms. The highest BCUT2D eigenvalue weighted by molar-refractivity contribution is 6.00. The summed E-state index contributed by atoms with van der Waals surface area (Å²) in [5.41, 5.74) is 0.670. The third-order valence-electron chi connectivity index (χ3n) is 2.89. The van der Waals surface area contributed by atoms with Gasteiger partial charge in [0.25, 0.3) is 5.91 Å². The molecule has 1 heterocycles. The molecule has 0 atom stereocenters. The van der Waals surface area contributed by atoms with E-state index in [4.69, 9.17) is 14.6 Å². The minimum absolute atomic E-state index is 0.00991. The molecule has 0 saturated heterocycles. The fraction of sp³-hybridized carbons (Fsp3) is 0.308. The van der Waals surface area contributed by atoms with Crippen molar-refractivity contribution in [3.63, 3.8) is 0 Å². The van der Waals surface area contributed by atoms with E-state index in [9.17, 15) is 14.4 Å². The van der Waals surface area contributed by atoms with Crippen LogP contribution >= 0.6 is 0 Å². The molecule has 1 amide bonds. The highest BCUT2D eigenvalue weighted by Gasteiger charge is 2.29. The van der Waals surface area contributed by atoms with Crippen molar-refractivity contribution in [1.29, 1.82) is 0 Å². The summed E-state index contributed by atoms with van der Waals surface area (Å²) < 4.78 is 10.4. The summed E-state index contributed by atoms with van der Waals surface area (Å²) in [6.45, 7) is -0.181. The summed E-state index contributed by atoms with van der Waals surface area (Å²) >= 11 is 0. The standard InChI is InChI=1S/C13H13NO6/c1-19-10-5-8(6-15)4-9-13(10)20-7-11(16)14(9)3-2-12(17)18/h4-6H,2-3,7H2,1H3,(H,17,18). The van der Waals surface area contributed by atoms with Gasteiger partial charge in [0.2, 0.25) is 0 Å². The lowest BCUT2D eigenvalue weighted by molar-refractivity contribution is -0.136. The Balaban J connectivity index is 2.45. The summed E-state index contributed by atoms with van der Waals surface area (Å²) in [7, 11) is 1.42. The Morgan fingerprint density at radius 3 is 2.90 bits per heavy atom. The molecule has 1 aromatic rings. The van der Waals surface area contributed by atoms with Crippen LogP contribution in [0.25, 0.3) is 0 Å². The van der Waals surface area contributed by atoms with Gasteiger partial charge in [-0.05, 0) is 12.1 Å². The molecular formula is C13H13NO6. The molecule has 1 aliphatic heterocycles. The number of carbonyl (C=O) groups excluding carboxylic acids is 2. The highest BCUT2D eigenvalue weighted by Crippen LogP contribution is 2.41. The van der Waals surface area contributed by atoms with E-state index >= 15 is 0 Å². The first-order valence-corrected chi connectivity index (χ1v) is 5.89. The maximum Gasteiger partial charge on any atom is 0.305 e. The molecule has 0 bridgehead atoms. The third-order valence-corrected chi connectivity index (χ3v) is 2.89. The van der Waals surface area contributed by atoms with Gasteiger partial charge in [0.15, 0.2) is 18.1 Å². The first-order valence-electron chi connectivity index (χ1n) is 5.89. The van der Waals surface area contributed by atoms with E-state index in [0.29, 0.717) is 29.0 Å². The number of nitrogens with zero attached hydrogens (tertiary/aromatic N) is 1. The number of carboxylic acid groups (broad SMARTS) is 1. The molecule has 2 rings (SSSR count). The topological polar surface area (TPSA) is 93.1 Å². The summed E-state index contributed by atoms with van der Waals surface area (Å²) in [5, 5.41) is 8.73. The van der Waals surface area contributed by atoms with Gasteiger partial charge in [-0.25, -0.2) is 0 Å². The van der Waals surface area contributed by atoms with Crippen molar-refractivity contribution in [3.8, 4) is 11.5 Å². The average molecular weight is 279 g/mol.